The fourth-order valence-corrected chi connectivity index (χ4v) is 5.71. The lowest BCUT2D eigenvalue weighted by Crippen LogP contribution is -2.52. The van der Waals surface area contributed by atoms with Crippen LogP contribution in [0.15, 0.2) is 82.2 Å². The number of nitrogens with one attached hydrogen (secondary N) is 1. The van der Waals surface area contributed by atoms with Crippen LogP contribution in [0.2, 0.25) is 0 Å². The summed E-state index contributed by atoms with van der Waals surface area (Å²) in [5.41, 5.74) is 2.00. The maximum atomic E-state index is 13.9. The summed E-state index contributed by atoms with van der Waals surface area (Å²) in [5.74, 6) is -0.192. The second-order valence-electron chi connectivity index (χ2n) is 9.51. The van der Waals surface area contributed by atoms with Crippen LogP contribution in [0.1, 0.15) is 31.9 Å². The minimum Gasteiger partial charge on any atom is -0.497 e. The highest BCUT2D eigenvalue weighted by molar-refractivity contribution is 9.10. The van der Waals surface area contributed by atoms with Crippen molar-refractivity contribution in [2.75, 3.05) is 18.0 Å². The number of nitrogens with zero attached hydrogens (tertiary/aromatic N) is 2. The number of hydrogen-bond donors (Lipinski definition) is 1. The number of sulfonamides is 1. The van der Waals surface area contributed by atoms with Crippen molar-refractivity contribution < 1.29 is 22.7 Å². The van der Waals surface area contributed by atoms with Gasteiger partial charge in [0.25, 0.3) is 10.0 Å². The molecule has 3 aromatic carbocycles. The predicted octanol–water partition coefficient (Wildman–Crippen LogP) is 4.90. The molecule has 0 bridgehead atoms. The molecule has 208 valence electrons. The fraction of sp³-hybridized carbons (Fsp3) is 0.310. The first-order chi connectivity index (χ1) is 18.4. The van der Waals surface area contributed by atoms with Crippen LogP contribution in [0.4, 0.5) is 5.69 Å². The second kappa shape index (κ2) is 13.1. The topological polar surface area (TPSA) is 96.0 Å². The minimum absolute atomic E-state index is 0.0631. The highest BCUT2D eigenvalue weighted by Crippen LogP contribution is 2.27. The van der Waals surface area contributed by atoms with Gasteiger partial charge in [-0.1, -0.05) is 51.8 Å². The molecule has 1 N–H and O–H groups in total. The summed E-state index contributed by atoms with van der Waals surface area (Å²) in [6.45, 7) is 6.78. The number of ether oxygens (including phenoxy) is 1. The van der Waals surface area contributed by atoms with Crippen molar-refractivity contribution in [3.05, 3.63) is 88.4 Å². The largest absolute Gasteiger partial charge is 0.497 e. The zero-order chi connectivity index (χ0) is 28.7. The molecule has 8 nitrogen and oxygen atoms in total. The highest BCUT2D eigenvalue weighted by Gasteiger charge is 2.32. The molecule has 10 heteroatoms. The van der Waals surface area contributed by atoms with Gasteiger partial charge in [0.15, 0.2) is 0 Å². The van der Waals surface area contributed by atoms with Gasteiger partial charge < -0.3 is 15.0 Å². The number of anilines is 1. The van der Waals surface area contributed by atoms with E-state index >= 15 is 0 Å². The number of hydrogen-bond acceptors (Lipinski definition) is 5. The lowest BCUT2D eigenvalue weighted by atomic mass is 10.1. The van der Waals surface area contributed by atoms with Gasteiger partial charge in [-0.3, -0.25) is 13.9 Å². The van der Waals surface area contributed by atoms with E-state index in [1.807, 2.05) is 20.8 Å². The number of benzene rings is 3. The van der Waals surface area contributed by atoms with Crippen LogP contribution in [0.5, 0.6) is 5.75 Å². The van der Waals surface area contributed by atoms with E-state index in [9.17, 15) is 18.0 Å². The van der Waals surface area contributed by atoms with Crippen molar-refractivity contribution in [1.29, 1.82) is 0 Å². The Kier molecular flexibility index (Phi) is 10.2. The maximum Gasteiger partial charge on any atom is 0.264 e. The SMILES string of the molecule is COc1ccc(CN(C(=O)CN(c2cccc(Br)c2)S(=O)(=O)c2ccc(C)cc2)C(C)C(=O)NC(C)C)cc1. The molecule has 0 saturated heterocycles. The normalized spacial score (nSPS) is 12.1. The average Bonchev–Trinajstić information content (AvgIpc) is 2.90. The quantitative estimate of drug-likeness (QED) is 0.331. The molecule has 2 amide bonds. The van der Waals surface area contributed by atoms with Crippen LogP contribution in [-0.4, -0.2) is 50.9 Å². The Morgan fingerprint density at radius 1 is 0.974 bits per heavy atom. The summed E-state index contributed by atoms with van der Waals surface area (Å²) >= 11 is 3.40. The van der Waals surface area contributed by atoms with Gasteiger partial charge in [-0.15, -0.1) is 0 Å². The fourth-order valence-electron chi connectivity index (χ4n) is 3.91. The van der Waals surface area contributed by atoms with Crippen molar-refractivity contribution in [1.82, 2.24) is 10.2 Å². The van der Waals surface area contributed by atoms with Crippen LogP contribution in [0.25, 0.3) is 0 Å². The molecule has 0 spiro atoms. The smallest absolute Gasteiger partial charge is 0.264 e. The van der Waals surface area contributed by atoms with Gasteiger partial charge in [-0.2, -0.15) is 0 Å². The Morgan fingerprint density at radius 3 is 2.18 bits per heavy atom. The summed E-state index contributed by atoms with van der Waals surface area (Å²) in [6, 6.07) is 19.4. The Bertz CT molecular complexity index is 1390. The van der Waals surface area contributed by atoms with Crippen LogP contribution in [0, 0.1) is 6.92 Å². The molecule has 0 aliphatic carbocycles. The lowest BCUT2D eigenvalue weighted by molar-refractivity contribution is -0.139. The number of carbonyl (C=O) groups excluding carboxylic acids is 2. The van der Waals surface area contributed by atoms with E-state index in [1.54, 1.807) is 74.7 Å². The van der Waals surface area contributed by atoms with Crippen LogP contribution in [-0.2, 0) is 26.2 Å². The maximum absolute atomic E-state index is 13.9. The highest BCUT2D eigenvalue weighted by atomic mass is 79.9. The molecule has 39 heavy (non-hydrogen) atoms. The Hall–Kier alpha value is -3.37. The van der Waals surface area contributed by atoms with Crippen molar-refractivity contribution in [2.24, 2.45) is 0 Å². The molecule has 0 aliphatic heterocycles. The molecule has 1 unspecified atom stereocenters. The average molecular weight is 617 g/mol. The van der Waals surface area contributed by atoms with E-state index in [2.05, 4.69) is 21.2 Å². The Labute approximate surface area is 239 Å². The van der Waals surface area contributed by atoms with E-state index in [1.165, 1.54) is 17.0 Å². The van der Waals surface area contributed by atoms with Crippen LogP contribution in [0.3, 0.4) is 0 Å². The van der Waals surface area contributed by atoms with Gasteiger partial charge in [-0.25, -0.2) is 8.42 Å². The third-order valence-corrected chi connectivity index (χ3v) is 8.38. The van der Waals surface area contributed by atoms with Crippen molar-refractivity contribution in [3.63, 3.8) is 0 Å². The van der Waals surface area contributed by atoms with E-state index in [0.29, 0.717) is 15.9 Å². The first-order valence-corrected chi connectivity index (χ1v) is 14.7. The first kappa shape index (κ1) is 30.2. The molecule has 0 aliphatic rings. The molecular weight excluding hydrogens is 582 g/mol. The Balaban J connectivity index is 2.02. The number of methoxy groups -OCH3 is 1. The predicted molar refractivity (Wildman–Crippen MR) is 156 cm³/mol. The number of carbonyl (C=O) groups is 2. The third kappa shape index (κ3) is 7.83. The number of aryl methyl sites for hydroxylation is 1. The zero-order valence-corrected chi connectivity index (χ0v) is 25.1. The van der Waals surface area contributed by atoms with Crippen LogP contribution < -0.4 is 14.4 Å². The summed E-state index contributed by atoms with van der Waals surface area (Å²) in [7, 11) is -2.55. The lowest BCUT2D eigenvalue weighted by Gasteiger charge is -2.32. The van der Waals surface area contributed by atoms with Gasteiger partial charge in [0.2, 0.25) is 11.8 Å². The van der Waals surface area contributed by atoms with Crippen molar-refractivity contribution >= 4 is 43.5 Å². The molecule has 1 atom stereocenters. The molecule has 0 heterocycles. The van der Waals surface area contributed by atoms with E-state index in [-0.39, 0.29) is 23.4 Å². The summed E-state index contributed by atoms with van der Waals surface area (Å²) in [5, 5.41) is 2.84. The molecule has 0 radical (unpaired) electrons. The summed E-state index contributed by atoms with van der Waals surface area (Å²) in [6.07, 6.45) is 0. The van der Waals surface area contributed by atoms with Gasteiger partial charge in [0.05, 0.1) is 17.7 Å². The molecule has 0 saturated carbocycles. The third-order valence-electron chi connectivity index (χ3n) is 6.09. The zero-order valence-electron chi connectivity index (χ0n) is 22.7. The summed E-state index contributed by atoms with van der Waals surface area (Å²) in [4.78, 5) is 28.3. The van der Waals surface area contributed by atoms with Gasteiger partial charge in [0, 0.05) is 17.1 Å². The van der Waals surface area contributed by atoms with E-state index in [0.717, 1.165) is 15.4 Å². The molecule has 3 aromatic rings. The second-order valence-corrected chi connectivity index (χ2v) is 12.3. The minimum atomic E-state index is -4.12. The Morgan fingerprint density at radius 2 is 1.62 bits per heavy atom. The number of amides is 2. The van der Waals surface area contributed by atoms with Crippen molar-refractivity contribution in [3.8, 4) is 5.75 Å². The van der Waals surface area contributed by atoms with Crippen molar-refractivity contribution in [2.45, 2.75) is 51.2 Å². The molecule has 0 fully saturated rings. The van der Waals surface area contributed by atoms with Crippen LogP contribution >= 0.6 is 15.9 Å². The van der Waals surface area contributed by atoms with Gasteiger partial charge >= 0.3 is 0 Å². The van der Waals surface area contributed by atoms with E-state index < -0.39 is 28.5 Å². The summed E-state index contributed by atoms with van der Waals surface area (Å²) < 4.78 is 34.6. The number of rotatable bonds is 11. The molecule has 0 aromatic heterocycles. The van der Waals surface area contributed by atoms with Gasteiger partial charge in [0.1, 0.15) is 18.3 Å². The standard InChI is InChI=1S/C29H34BrN3O5S/c1-20(2)31-29(35)22(4)32(18-23-11-13-26(38-5)14-12-23)28(34)19-33(25-8-6-7-24(30)17-25)39(36,37)27-15-9-21(3)10-16-27/h6-17,20,22H,18-19H2,1-5H3,(H,31,35). The monoisotopic (exact) mass is 615 g/mol. The molecule has 3 rings (SSSR count). The molecular formula is C29H34BrN3O5S. The van der Waals surface area contributed by atoms with Gasteiger partial charge in [-0.05, 0) is 75.7 Å². The van der Waals surface area contributed by atoms with E-state index in [4.69, 9.17) is 4.74 Å². The first-order valence-electron chi connectivity index (χ1n) is 12.5. The number of halogens is 1.